The molecule has 0 radical (unpaired) electrons. The molecule has 1 aromatic heterocycles. The van der Waals surface area contributed by atoms with Gasteiger partial charge in [-0.05, 0) is 23.5 Å². The highest BCUT2D eigenvalue weighted by molar-refractivity contribution is 6.48. The number of carboxylic acids is 1. The van der Waals surface area contributed by atoms with E-state index in [9.17, 15) is 19.7 Å². The van der Waals surface area contributed by atoms with Gasteiger partial charge in [-0.1, -0.05) is 13.0 Å². The third kappa shape index (κ3) is 2.84. The maximum atomic E-state index is 12.4. The number of imidazole rings is 1. The first kappa shape index (κ1) is 19.0. The van der Waals surface area contributed by atoms with Crippen molar-refractivity contribution in [2.75, 3.05) is 13.1 Å². The van der Waals surface area contributed by atoms with Crippen molar-refractivity contribution in [1.29, 1.82) is 0 Å². The fraction of sp³-hybridized carbons (Fsp3) is 0.421. The Morgan fingerprint density at radius 1 is 1.43 bits per heavy atom. The molecule has 3 aliphatic rings. The maximum absolute atomic E-state index is 12.4. The number of fused-ring (bicyclic) bond motifs is 3. The summed E-state index contributed by atoms with van der Waals surface area (Å²) in [5.74, 6) is -0.800. The van der Waals surface area contributed by atoms with Crippen molar-refractivity contribution in [3.8, 4) is 11.5 Å². The molecule has 5 rings (SSSR count). The van der Waals surface area contributed by atoms with E-state index in [0.717, 1.165) is 5.56 Å². The number of benzene rings is 1. The fourth-order valence-electron chi connectivity index (χ4n) is 4.53. The zero-order chi connectivity index (χ0) is 21.2. The van der Waals surface area contributed by atoms with Gasteiger partial charge in [0.1, 0.15) is 29.2 Å². The number of H-pyrrole nitrogens is 1. The third-order valence-electron chi connectivity index (χ3n) is 6.30. The number of rotatable bonds is 5. The fourth-order valence-corrected chi connectivity index (χ4v) is 4.53. The minimum absolute atomic E-state index is 0.00385. The molecule has 1 aromatic carbocycles. The van der Waals surface area contributed by atoms with E-state index in [1.165, 1.54) is 6.33 Å². The number of carbonyl (C=O) groups excluding carboxylic acids is 1. The second-order valence-corrected chi connectivity index (χ2v) is 8.09. The van der Waals surface area contributed by atoms with Gasteiger partial charge in [0.2, 0.25) is 5.91 Å². The molecule has 5 N–H and O–H groups in total. The van der Waals surface area contributed by atoms with Gasteiger partial charge in [0.25, 0.3) is 0 Å². The molecule has 156 valence electrons. The van der Waals surface area contributed by atoms with Gasteiger partial charge in [-0.15, -0.1) is 0 Å². The summed E-state index contributed by atoms with van der Waals surface area (Å²) in [6.07, 6.45) is 2.66. The summed E-state index contributed by atoms with van der Waals surface area (Å²) in [5.41, 5.74) is 7.09. The lowest BCUT2D eigenvalue weighted by molar-refractivity contribution is -0.141. The standard InChI is InChI=1S/C19H21BN4O6/c1-8-13-10-2-3-12(14(19(26)27)17(10)30-20(28)15(8)13)29-9-5-24(6-9)18(25)16(21)11-4-22-7-23-11/h2-4,7-9,13,15-16,28H,5-6,21H2,1H3,(H,22,23)(H,26,27)/t8-,13?,15-,16-/m0/s1. The minimum atomic E-state index is -1.19. The largest absolute Gasteiger partial charge is 0.535 e. The van der Waals surface area contributed by atoms with E-state index in [1.54, 1.807) is 23.2 Å². The van der Waals surface area contributed by atoms with Gasteiger partial charge in [-0.25, -0.2) is 9.78 Å². The lowest BCUT2D eigenvalue weighted by Gasteiger charge is -2.40. The zero-order valence-corrected chi connectivity index (χ0v) is 16.2. The molecule has 1 saturated heterocycles. The summed E-state index contributed by atoms with van der Waals surface area (Å²) in [6, 6.07) is 2.57. The first-order valence-electron chi connectivity index (χ1n) is 9.81. The molecule has 2 aliphatic heterocycles. The summed E-state index contributed by atoms with van der Waals surface area (Å²) in [7, 11) is -1.02. The smallest absolute Gasteiger partial charge is 0.526 e. The minimum Gasteiger partial charge on any atom is -0.535 e. The van der Waals surface area contributed by atoms with Gasteiger partial charge in [0, 0.05) is 12.0 Å². The molecule has 30 heavy (non-hydrogen) atoms. The van der Waals surface area contributed by atoms with Crippen LogP contribution in [0, 0.1) is 5.92 Å². The highest BCUT2D eigenvalue weighted by Crippen LogP contribution is 2.65. The predicted octanol–water partition coefficient (Wildman–Crippen LogP) is 0.374. The topological polar surface area (TPSA) is 151 Å². The summed E-state index contributed by atoms with van der Waals surface area (Å²) in [5, 5.41) is 19.9. The van der Waals surface area contributed by atoms with Crippen molar-refractivity contribution in [2.24, 2.45) is 11.7 Å². The SMILES string of the molecule is C[C@H]1C2c3ccc(OC4CN(C(=O)[C@@H](N)c5c[nH]cn5)C4)c(C(=O)O)c3OB(O)[C@H]21. The Hall–Kier alpha value is -3.05. The van der Waals surface area contributed by atoms with E-state index in [2.05, 4.69) is 9.97 Å². The molecule has 3 heterocycles. The average molecular weight is 412 g/mol. The quantitative estimate of drug-likeness (QED) is 0.515. The molecule has 11 heteroatoms. The van der Waals surface area contributed by atoms with Crippen LogP contribution in [0.1, 0.15) is 40.5 Å². The summed E-state index contributed by atoms with van der Waals surface area (Å²) in [6.45, 7) is 2.59. The van der Waals surface area contributed by atoms with Gasteiger partial charge < -0.3 is 35.1 Å². The lowest BCUT2D eigenvalue weighted by Crippen LogP contribution is -2.58. The normalized spacial score (nSPS) is 25.5. The molecule has 1 unspecified atom stereocenters. The van der Waals surface area contributed by atoms with E-state index < -0.39 is 19.1 Å². The number of aromatic carboxylic acids is 1. The van der Waals surface area contributed by atoms with Gasteiger partial charge >= 0.3 is 13.1 Å². The number of ether oxygens (including phenoxy) is 1. The van der Waals surface area contributed by atoms with Crippen LogP contribution in [-0.2, 0) is 4.79 Å². The summed E-state index contributed by atoms with van der Waals surface area (Å²) < 4.78 is 11.4. The molecule has 1 amide bonds. The molecular weight excluding hydrogens is 391 g/mol. The molecular formula is C19H21BN4O6. The molecule has 2 fully saturated rings. The number of carboxylic acid groups (broad SMARTS) is 1. The van der Waals surface area contributed by atoms with E-state index in [1.807, 2.05) is 6.92 Å². The summed E-state index contributed by atoms with van der Waals surface area (Å²) >= 11 is 0. The maximum Gasteiger partial charge on any atom is 0.526 e. The number of nitrogens with one attached hydrogen (secondary N) is 1. The number of hydrogen-bond acceptors (Lipinski definition) is 7. The number of carbonyl (C=O) groups is 2. The molecule has 0 bridgehead atoms. The number of aromatic amines is 1. The van der Waals surface area contributed by atoms with Crippen molar-refractivity contribution in [3.05, 3.63) is 41.5 Å². The Balaban J connectivity index is 1.30. The van der Waals surface area contributed by atoms with E-state index >= 15 is 0 Å². The van der Waals surface area contributed by atoms with Crippen molar-refractivity contribution in [3.63, 3.8) is 0 Å². The van der Waals surface area contributed by atoms with Crippen LogP contribution < -0.4 is 15.1 Å². The Morgan fingerprint density at radius 3 is 2.87 bits per heavy atom. The van der Waals surface area contributed by atoms with Crippen LogP contribution in [0.15, 0.2) is 24.7 Å². The van der Waals surface area contributed by atoms with Gasteiger partial charge in [-0.2, -0.15) is 0 Å². The van der Waals surface area contributed by atoms with E-state index in [-0.39, 0.29) is 59.8 Å². The van der Waals surface area contributed by atoms with E-state index in [4.69, 9.17) is 15.1 Å². The van der Waals surface area contributed by atoms with Crippen LogP contribution in [0.2, 0.25) is 5.82 Å². The van der Waals surface area contributed by atoms with Gasteiger partial charge in [0.05, 0.1) is 25.1 Å². The first-order chi connectivity index (χ1) is 14.4. The van der Waals surface area contributed by atoms with Gasteiger partial charge in [0.15, 0.2) is 0 Å². The number of aromatic nitrogens is 2. The van der Waals surface area contributed by atoms with E-state index in [0.29, 0.717) is 5.69 Å². The Bertz CT molecular complexity index is 1010. The molecule has 2 aromatic rings. The number of nitrogens with zero attached hydrogens (tertiary/aromatic N) is 2. The summed E-state index contributed by atoms with van der Waals surface area (Å²) in [4.78, 5) is 32.7. The zero-order valence-electron chi connectivity index (χ0n) is 16.2. The highest BCUT2D eigenvalue weighted by atomic mass is 16.5. The van der Waals surface area contributed by atoms with Crippen LogP contribution in [0.5, 0.6) is 11.5 Å². The molecule has 10 nitrogen and oxygen atoms in total. The monoisotopic (exact) mass is 412 g/mol. The average Bonchev–Trinajstić information content (AvgIpc) is 3.11. The lowest BCUT2D eigenvalue weighted by atomic mass is 9.76. The van der Waals surface area contributed by atoms with Crippen LogP contribution in [0.25, 0.3) is 0 Å². The number of hydrogen-bond donors (Lipinski definition) is 4. The van der Waals surface area contributed by atoms with Crippen LogP contribution >= 0.6 is 0 Å². The number of likely N-dealkylation sites (tertiary alicyclic amines) is 1. The third-order valence-corrected chi connectivity index (χ3v) is 6.30. The Kier molecular flexibility index (Phi) is 4.26. The van der Waals surface area contributed by atoms with Gasteiger partial charge in [-0.3, -0.25) is 4.79 Å². The number of nitrogens with two attached hydrogens (primary N) is 1. The second kappa shape index (κ2) is 6.74. The Labute approximate surface area is 172 Å². The molecule has 1 saturated carbocycles. The van der Waals surface area contributed by atoms with Crippen molar-refractivity contribution >= 4 is 19.0 Å². The predicted molar refractivity (Wildman–Crippen MR) is 104 cm³/mol. The molecule has 4 atom stereocenters. The van der Waals surface area contributed by atoms with Crippen LogP contribution in [0.3, 0.4) is 0 Å². The first-order valence-corrected chi connectivity index (χ1v) is 9.81. The molecule has 0 spiro atoms. The van der Waals surface area contributed by atoms with Crippen molar-refractivity contribution < 1.29 is 29.1 Å². The molecule has 1 aliphatic carbocycles. The Morgan fingerprint density at radius 2 is 2.20 bits per heavy atom. The van der Waals surface area contributed by atoms with Crippen molar-refractivity contribution in [1.82, 2.24) is 14.9 Å². The van der Waals surface area contributed by atoms with Crippen LogP contribution in [0.4, 0.5) is 0 Å². The van der Waals surface area contributed by atoms with Crippen LogP contribution in [-0.4, -0.2) is 63.2 Å². The van der Waals surface area contributed by atoms with Crippen molar-refractivity contribution in [2.45, 2.75) is 30.8 Å². The second-order valence-electron chi connectivity index (χ2n) is 8.09. The number of amides is 1. The highest BCUT2D eigenvalue weighted by Gasteiger charge is 2.60.